The van der Waals surface area contributed by atoms with Gasteiger partial charge in [0, 0.05) is 24.5 Å². The molecule has 2 heterocycles. The van der Waals surface area contributed by atoms with Crippen molar-refractivity contribution in [2.75, 3.05) is 57.3 Å². The van der Waals surface area contributed by atoms with Gasteiger partial charge in [0.15, 0.2) is 11.5 Å². The van der Waals surface area contributed by atoms with Gasteiger partial charge in [-0.1, -0.05) is 26.0 Å². The number of ether oxygens (including phenoxy) is 4. The Morgan fingerprint density at radius 3 is 2.35 bits per heavy atom. The Bertz CT molecular complexity index is 1320. The maximum atomic E-state index is 14.1. The molecule has 1 amide bonds. The van der Waals surface area contributed by atoms with E-state index in [9.17, 15) is 14.0 Å². The molecule has 1 N–H and O–H groups in total. The lowest BCUT2D eigenvalue weighted by Crippen LogP contribution is -2.41. The Labute approximate surface area is 214 Å². The number of hydrogen-bond donors (Lipinski definition) is 1. The average molecular weight is 514 g/mol. The maximum Gasteiger partial charge on any atom is 0.411 e. The van der Waals surface area contributed by atoms with E-state index >= 15 is 0 Å². The third-order valence-corrected chi connectivity index (χ3v) is 6.10. The first kappa shape index (κ1) is 26.3. The van der Waals surface area contributed by atoms with Crippen LogP contribution in [-0.4, -0.2) is 57.8 Å². The van der Waals surface area contributed by atoms with Crippen molar-refractivity contribution in [2.45, 2.75) is 20.4 Å². The van der Waals surface area contributed by atoms with Crippen molar-refractivity contribution in [2.24, 2.45) is 5.92 Å². The summed E-state index contributed by atoms with van der Waals surface area (Å²) in [6, 6.07) is 9.42. The Hall–Kier alpha value is -3.79. The molecule has 0 atom stereocenters. The highest BCUT2D eigenvalue weighted by molar-refractivity contribution is 6.05. The molecule has 1 aliphatic heterocycles. The summed E-state index contributed by atoms with van der Waals surface area (Å²) < 4.78 is 37.1. The fourth-order valence-corrected chi connectivity index (χ4v) is 4.28. The summed E-state index contributed by atoms with van der Waals surface area (Å²) in [5, 5.41) is 3.40. The molecule has 37 heavy (non-hydrogen) atoms. The molecule has 9 nitrogen and oxygen atoms in total. The third kappa shape index (κ3) is 5.80. The minimum Gasteiger partial charge on any atom is -0.493 e. The van der Waals surface area contributed by atoms with Gasteiger partial charge < -0.3 is 28.4 Å². The van der Waals surface area contributed by atoms with E-state index in [4.69, 9.17) is 18.9 Å². The highest BCUT2D eigenvalue weighted by Crippen LogP contribution is 2.39. The first-order valence-electron chi connectivity index (χ1n) is 12.2. The molecule has 1 saturated heterocycles. The molecule has 0 unspecified atom stereocenters. The number of morpholine rings is 1. The topological polar surface area (TPSA) is 91.3 Å². The van der Waals surface area contributed by atoms with Crippen LogP contribution in [0.1, 0.15) is 19.4 Å². The van der Waals surface area contributed by atoms with Gasteiger partial charge in [-0.25, -0.2) is 9.18 Å². The molecule has 0 radical (unpaired) electrons. The van der Waals surface area contributed by atoms with E-state index in [1.807, 2.05) is 18.7 Å². The number of carbonyl (C=O) groups excluding carboxylic acids is 1. The summed E-state index contributed by atoms with van der Waals surface area (Å²) >= 11 is 0. The quantitative estimate of drug-likeness (QED) is 0.482. The first-order valence-corrected chi connectivity index (χ1v) is 12.2. The molecule has 3 aromatic rings. The lowest BCUT2D eigenvalue weighted by Gasteiger charge is -2.31. The van der Waals surface area contributed by atoms with Crippen molar-refractivity contribution in [3.05, 3.63) is 58.1 Å². The van der Waals surface area contributed by atoms with Crippen LogP contribution in [0.4, 0.5) is 20.6 Å². The molecule has 2 aromatic carbocycles. The van der Waals surface area contributed by atoms with Crippen molar-refractivity contribution >= 4 is 28.4 Å². The molecule has 1 aliphatic rings. The van der Waals surface area contributed by atoms with E-state index in [0.717, 1.165) is 5.56 Å². The van der Waals surface area contributed by atoms with E-state index in [-0.39, 0.29) is 30.4 Å². The molecule has 1 aromatic heterocycles. The maximum absolute atomic E-state index is 14.1. The zero-order valence-electron chi connectivity index (χ0n) is 21.5. The number of fused-ring (bicyclic) bond motifs is 1. The van der Waals surface area contributed by atoms with Gasteiger partial charge in [-0.15, -0.1) is 0 Å². The van der Waals surface area contributed by atoms with Gasteiger partial charge in [0.1, 0.15) is 11.5 Å². The van der Waals surface area contributed by atoms with Gasteiger partial charge in [-0.2, -0.15) is 0 Å². The SMILES string of the molecule is COc1cc2c(NC(=O)OCC(C)C)c(N3CCOCC3)c(=O)n(Cc3ccc(F)cc3)c2cc1OC. The Kier molecular flexibility index (Phi) is 8.17. The summed E-state index contributed by atoms with van der Waals surface area (Å²) in [6.07, 6.45) is -0.657. The van der Waals surface area contributed by atoms with Gasteiger partial charge >= 0.3 is 6.09 Å². The van der Waals surface area contributed by atoms with Crippen molar-refractivity contribution < 1.29 is 28.1 Å². The molecule has 0 saturated carbocycles. The second kappa shape index (κ2) is 11.5. The van der Waals surface area contributed by atoms with Gasteiger partial charge in [0.25, 0.3) is 5.56 Å². The Morgan fingerprint density at radius 1 is 1.08 bits per heavy atom. The number of rotatable bonds is 8. The van der Waals surface area contributed by atoms with Gasteiger partial charge in [-0.05, 0) is 29.7 Å². The zero-order valence-corrected chi connectivity index (χ0v) is 21.5. The first-order chi connectivity index (χ1) is 17.8. The van der Waals surface area contributed by atoms with Gasteiger partial charge in [0.2, 0.25) is 0 Å². The number of benzene rings is 2. The normalized spacial score (nSPS) is 13.6. The molecule has 198 valence electrons. The number of halogens is 1. The lowest BCUT2D eigenvalue weighted by molar-refractivity contribution is 0.122. The number of aromatic nitrogens is 1. The Morgan fingerprint density at radius 2 is 1.73 bits per heavy atom. The number of methoxy groups -OCH3 is 2. The number of pyridine rings is 1. The summed E-state index contributed by atoms with van der Waals surface area (Å²) in [6.45, 7) is 6.12. The summed E-state index contributed by atoms with van der Waals surface area (Å²) in [4.78, 5) is 28.8. The minimum atomic E-state index is -0.657. The third-order valence-electron chi connectivity index (χ3n) is 6.10. The lowest BCUT2D eigenvalue weighted by atomic mass is 10.1. The van der Waals surface area contributed by atoms with Crippen LogP contribution < -0.4 is 25.2 Å². The van der Waals surface area contributed by atoms with E-state index in [0.29, 0.717) is 60.1 Å². The number of amides is 1. The van der Waals surface area contributed by atoms with E-state index in [1.165, 1.54) is 26.4 Å². The van der Waals surface area contributed by atoms with E-state index < -0.39 is 6.09 Å². The predicted octanol–water partition coefficient (Wildman–Crippen LogP) is 4.25. The van der Waals surface area contributed by atoms with Crippen LogP contribution in [-0.2, 0) is 16.0 Å². The van der Waals surface area contributed by atoms with Crippen LogP contribution in [0.5, 0.6) is 11.5 Å². The number of carbonyl (C=O) groups is 1. The van der Waals surface area contributed by atoms with Gasteiger partial charge in [0.05, 0.1) is 51.8 Å². The zero-order chi connectivity index (χ0) is 26.5. The highest BCUT2D eigenvalue weighted by atomic mass is 19.1. The van der Waals surface area contributed by atoms with Crippen LogP contribution in [0.2, 0.25) is 0 Å². The number of hydrogen-bond acceptors (Lipinski definition) is 7. The monoisotopic (exact) mass is 513 g/mol. The molecule has 4 rings (SSSR count). The number of nitrogens with zero attached hydrogens (tertiary/aromatic N) is 2. The minimum absolute atomic E-state index is 0.147. The Balaban J connectivity index is 1.97. The van der Waals surface area contributed by atoms with Crippen LogP contribution in [0, 0.1) is 11.7 Å². The highest BCUT2D eigenvalue weighted by Gasteiger charge is 2.26. The number of nitrogens with one attached hydrogen (secondary N) is 1. The number of anilines is 2. The standard InChI is InChI=1S/C27H32FN3O6/c1-17(2)16-37-27(33)29-24-20-13-22(34-3)23(35-4)14-21(20)31(15-18-5-7-19(28)8-6-18)26(32)25(24)30-9-11-36-12-10-30/h5-8,13-14,17H,9-12,15-16H2,1-4H3,(H,29,33). The second-order valence-corrected chi connectivity index (χ2v) is 9.18. The van der Waals surface area contributed by atoms with Crippen LogP contribution in [0.15, 0.2) is 41.2 Å². The van der Waals surface area contributed by atoms with Gasteiger partial charge in [-0.3, -0.25) is 10.1 Å². The fourth-order valence-electron chi connectivity index (χ4n) is 4.28. The van der Waals surface area contributed by atoms with Crippen molar-refractivity contribution in [3.63, 3.8) is 0 Å². The summed E-state index contributed by atoms with van der Waals surface area (Å²) in [7, 11) is 3.03. The fraction of sp³-hybridized carbons (Fsp3) is 0.407. The molecular formula is C27H32FN3O6. The molecule has 10 heteroatoms. The van der Waals surface area contributed by atoms with Crippen LogP contribution in [0.3, 0.4) is 0 Å². The van der Waals surface area contributed by atoms with Crippen molar-refractivity contribution in [1.82, 2.24) is 4.57 Å². The molecule has 0 spiro atoms. The van der Waals surface area contributed by atoms with Crippen molar-refractivity contribution in [3.8, 4) is 11.5 Å². The van der Waals surface area contributed by atoms with E-state index in [2.05, 4.69) is 5.32 Å². The summed E-state index contributed by atoms with van der Waals surface area (Å²) in [5.74, 6) is 0.651. The van der Waals surface area contributed by atoms with Crippen LogP contribution >= 0.6 is 0 Å². The molecule has 0 aliphatic carbocycles. The van der Waals surface area contributed by atoms with Crippen molar-refractivity contribution in [1.29, 1.82) is 0 Å². The molecule has 1 fully saturated rings. The predicted molar refractivity (Wildman–Crippen MR) is 140 cm³/mol. The van der Waals surface area contributed by atoms with E-state index in [1.54, 1.807) is 28.8 Å². The average Bonchev–Trinajstić information content (AvgIpc) is 2.90. The second-order valence-electron chi connectivity index (χ2n) is 9.18. The molecule has 0 bridgehead atoms. The summed E-state index contributed by atoms with van der Waals surface area (Å²) in [5.41, 5.74) is 1.59. The van der Waals surface area contributed by atoms with Crippen LogP contribution in [0.25, 0.3) is 10.9 Å². The largest absolute Gasteiger partial charge is 0.493 e. The molecular weight excluding hydrogens is 481 g/mol. The smallest absolute Gasteiger partial charge is 0.411 e.